The molecule has 0 amide bonds. The van der Waals surface area contributed by atoms with Crippen LogP contribution in [0.2, 0.25) is 0 Å². The first kappa shape index (κ1) is 13.3. The standard InChI is InChI=1S/C15H14N2O4/c18-11-3-1-8(5-13(11)20)10-7-16-15(17-10)9-2-4-12(19)14(21)6-9/h1-6,15-16,18-21H,7H2. The molecule has 6 heteroatoms. The second kappa shape index (κ2) is 4.99. The van der Waals surface area contributed by atoms with Crippen molar-refractivity contribution in [1.82, 2.24) is 5.32 Å². The summed E-state index contributed by atoms with van der Waals surface area (Å²) in [7, 11) is 0. The summed E-state index contributed by atoms with van der Waals surface area (Å²) in [6, 6.07) is 9.07. The van der Waals surface area contributed by atoms with E-state index in [9.17, 15) is 20.4 Å². The number of benzene rings is 2. The van der Waals surface area contributed by atoms with E-state index in [1.165, 1.54) is 24.3 Å². The Hall–Kier alpha value is -2.73. The Morgan fingerprint density at radius 3 is 2.19 bits per heavy atom. The second-order valence-electron chi connectivity index (χ2n) is 4.81. The lowest BCUT2D eigenvalue weighted by molar-refractivity contribution is 0.402. The van der Waals surface area contributed by atoms with E-state index in [4.69, 9.17) is 0 Å². The van der Waals surface area contributed by atoms with E-state index in [0.29, 0.717) is 12.1 Å². The SMILES string of the molecule is Oc1ccc(C2=NC(c3ccc(O)c(O)c3)NC2)cc1O. The van der Waals surface area contributed by atoms with E-state index in [2.05, 4.69) is 10.3 Å². The van der Waals surface area contributed by atoms with Gasteiger partial charge in [-0.2, -0.15) is 0 Å². The smallest absolute Gasteiger partial charge is 0.158 e. The average molecular weight is 286 g/mol. The highest BCUT2D eigenvalue weighted by Crippen LogP contribution is 2.31. The lowest BCUT2D eigenvalue weighted by atomic mass is 10.1. The van der Waals surface area contributed by atoms with Crippen LogP contribution < -0.4 is 5.32 Å². The number of nitrogens with one attached hydrogen (secondary N) is 1. The molecule has 0 fully saturated rings. The molecule has 3 rings (SSSR count). The third kappa shape index (κ3) is 2.48. The number of phenols is 4. The minimum Gasteiger partial charge on any atom is -0.504 e. The highest BCUT2D eigenvalue weighted by Gasteiger charge is 2.20. The van der Waals surface area contributed by atoms with Gasteiger partial charge in [-0.1, -0.05) is 6.07 Å². The van der Waals surface area contributed by atoms with Crippen LogP contribution in [-0.4, -0.2) is 32.7 Å². The van der Waals surface area contributed by atoms with E-state index in [0.717, 1.165) is 11.3 Å². The Morgan fingerprint density at radius 1 is 0.857 bits per heavy atom. The second-order valence-corrected chi connectivity index (χ2v) is 4.81. The van der Waals surface area contributed by atoms with Crippen LogP contribution >= 0.6 is 0 Å². The summed E-state index contributed by atoms with van der Waals surface area (Å²) < 4.78 is 0. The fourth-order valence-corrected chi connectivity index (χ4v) is 2.22. The molecule has 1 aliphatic rings. The van der Waals surface area contributed by atoms with Crippen LogP contribution in [0, 0.1) is 0 Å². The predicted octanol–water partition coefficient (Wildman–Crippen LogP) is 1.60. The van der Waals surface area contributed by atoms with Gasteiger partial charge in [0.1, 0.15) is 6.17 Å². The van der Waals surface area contributed by atoms with Crippen LogP contribution in [0.4, 0.5) is 0 Å². The summed E-state index contributed by atoms with van der Waals surface area (Å²) in [5.74, 6) is -0.740. The first-order valence-electron chi connectivity index (χ1n) is 6.39. The number of hydrogen-bond donors (Lipinski definition) is 5. The predicted molar refractivity (Wildman–Crippen MR) is 76.8 cm³/mol. The topological polar surface area (TPSA) is 105 Å². The van der Waals surface area contributed by atoms with Gasteiger partial charge in [0.2, 0.25) is 0 Å². The molecule has 5 N–H and O–H groups in total. The van der Waals surface area contributed by atoms with Crippen molar-refractivity contribution in [3.8, 4) is 23.0 Å². The fraction of sp³-hybridized carbons (Fsp3) is 0.133. The molecular formula is C15H14N2O4. The third-order valence-electron chi connectivity index (χ3n) is 3.37. The minimum absolute atomic E-state index is 0.176. The number of aromatic hydroxyl groups is 4. The van der Waals surface area contributed by atoms with Crippen molar-refractivity contribution in [2.75, 3.05) is 6.54 Å². The van der Waals surface area contributed by atoms with Gasteiger partial charge in [0.25, 0.3) is 0 Å². The van der Waals surface area contributed by atoms with Crippen molar-refractivity contribution in [2.45, 2.75) is 6.17 Å². The maximum absolute atomic E-state index is 9.52. The van der Waals surface area contributed by atoms with Crippen LogP contribution in [-0.2, 0) is 0 Å². The first-order chi connectivity index (χ1) is 10.0. The lowest BCUT2D eigenvalue weighted by Crippen LogP contribution is -2.17. The van der Waals surface area contributed by atoms with Gasteiger partial charge in [0.15, 0.2) is 23.0 Å². The van der Waals surface area contributed by atoms with Crippen molar-refractivity contribution in [1.29, 1.82) is 0 Å². The maximum Gasteiger partial charge on any atom is 0.158 e. The quantitative estimate of drug-likeness (QED) is 0.539. The number of phenolic OH excluding ortho intramolecular Hbond substituents is 4. The zero-order chi connectivity index (χ0) is 15.0. The van der Waals surface area contributed by atoms with E-state index >= 15 is 0 Å². The Balaban J connectivity index is 1.89. The van der Waals surface area contributed by atoms with Gasteiger partial charge in [0.05, 0.1) is 5.71 Å². The number of rotatable bonds is 2. The minimum atomic E-state index is -0.331. The van der Waals surface area contributed by atoms with Crippen molar-refractivity contribution in [3.05, 3.63) is 47.5 Å². The van der Waals surface area contributed by atoms with Gasteiger partial charge < -0.3 is 20.4 Å². The Morgan fingerprint density at radius 2 is 1.52 bits per heavy atom. The normalized spacial score (nSPS) is 17.7. The molecule has 6 nitrogen and oxygen atoms in total. The van der Waals surface area contributed by atoms with E-state index < -0.39 is 0 Å². The van der Waals surface area contributed by atoms with Crippen LogP contribution in [0.5, 0.6) is 23.0 Å². The molecule has 2 aromatic rings. The summed E-state index contributed by atoms with van der Waals surface area (Å²) in [4.78, 5) is 4.49. The molecule has 1 unspecified atom stereocenters. The Kier molecular flexibility index (Phi) is 3.15. The molecule has 0 radical (unpaired) electrons. The number of hydrogen-bond acceptors (Lipinski definition) is 6. The number of aliphatic imine (C=N–C) groups is 1. The molecule has 1 heterocycles. The summed E-state index contributed by atoms with van der Waals surface area (Å²) >= 11 is 0. The summed E-state index contributed by atoms with van der Waals surface area (Å²) in [6.07, 6.45) is -0.331. The Bertz CT molecular complexity index is 728. The average Bonchev–Trinajstić information content (AvgIpc) is 2.94. The zero-order valence-corrected chi connectivity index (χ0v) is 11.0. The molecule has 0 aliphatic carbocycles. The monoisotopic (exact) mass is 286 g/mol. The molecule has 21 heavy (non-hydrogen) atoms. The molecule has 2 aromatic carbocycles. The van der Waals surface area contributed by atoms with Crippen LogP contribution in [0.3, 0.4) is 0 Å². The van der Waals surface area contributed by atoms with Crippen LogP contribution in [0.1, 0.15) is 17.3 Å². The Labute approximate surface area is 120 Å². The highest BCUT2D eigenvalue weighted by molar-refractivity contribution is 6.03. The molecule has 0 spiro atoms. The van der Waals surface area contributed by atoms with Crippen molar-refractivity contribution < 1.29 is 20.4 Å². The van der Waals surface area contributed by atoms with E-state index in [1.54, 1.807) is 12.1 Å². The zero-order valence-electron chi connectivity index (χ0n) is 11.0. The van der Waals surface area contributed by atoms with E-state index in [-0.39, 0.29) is 29.2 Å². The molecule has 0 aromatic heterocycles. The highest BCUT2D eigenvalue weighted by atomic mass is 16.3. The van der Waals surface area contributed by atoms with Crippen LogP contribution in [0.25, 0.3) is 0 Å². The fourth-order valence-electron chi connectivity index (χ4n) is 2.22. The van der Waals surface area contributed by atoms with Gasteiger partial charge in [0, 0.05) is 12.1 Å². The van der Waals surface area contributed by atoms with Gasteiger partial charge in [-0.05, 0) is 35.9 Å². The molecule has 0 saturated heterocycles. The first-order valence-corrected chi connectivity index (χ1v) is 6.39. The lowest BCUT2D eigenvalue weighted by Gasteiger charge is -2.08. The van der Waals surface area contributed by atoms with Crippen molar-refractivity contribution in [2.24, 2.45) is 4.99 Å². The third-order valence-corrected chi connectivity index (χ3v) is 3.37. The maximum atomic E-state index is 9.52. The molecule has 1 aliphatic heterocycles. The molecule has 108 valence electrons. The van der Waals surface area contributed by atoms with Crippen molar-refractivity contribution >= 4 is 5.71 Å². The van der Waals surface area contributed by atoms with Crippen molar-refractivity contribution in [3.63, 3.8) is 0 Å². The summed E-state index contributed by atoms with van der Waals surface area (Å²) in [6.45, 7) is 0.497. The largest absolute Gasteiger partial charge is 0.504 e. The molecule has 1 atom stereocenters. The van der Waals surface area contributed by atoms with Crippen LogP contribution in [0.15, 0.2) is 41.4 Å². The number of nitrogens with zero attached hydrogens (tertiary/aromatic N) is 1. The van der Waals surface area contributed by atoms with Gasteiger partial charge in [-0.15, -0.1) is 0 Å². The molecule has 0 bridgehead atoms. The summed E-state index contributed by atoms with van der Waals surface area (Å²) in [5, 5.41) is 40.8. The molecule has 0 saturated carbocycles. The van der Waals surface area contributed by atoms with Gasteiger partial charge in [-0.25, -0.2) is 0 Å². The van der Waals surface area contributed by atoms with E-state index in [1.807, 2.05) is 0 Å². The molecular weight excluding hydrogens is 272 g/mol. The van der Waals surface area contributed by atoms with Gasteiger partial charge in [-0.3, -0.25) is 10.3 Å². The summed E-state index contributed by atoms with van der Waals surface area (Å²) in [5.41, 5.74) is 2.18. The van der Waals surface area contributed by atoms with Gasteiger partial charge >= 0.3 is 0 Å².